The van der Waals surface area contributed by atoms with E-state index in [2.05, 4.69) is 5.32 Å². The molecule has 0 aliphatic heterocycles. The summed E-state index contributed by atoms with van der Waals surface area (Å²) in [4.78, 5) is 11.7. The Morgan fingerprint density at radius 1 is 1.54 bits per heavy atom. The van der Waals surface area contributed by atoms with Crippen LogP contribution in [0.1, 0.15) is 33.6 Å². The highest BCUT2D eigenvalue weighted by molar-refractivity contribution is 7.80. The summed E-state index contributed by atoms with van der Waals surface area (Å²) in [6.07, 6.45) is 1.77. The maximum Gasteiger partial charge on any atom is 0.223 e. The van der Waals surface area contributed by atoms with Crippen LogP contribution < -0.4 is 11.1 Å². The summed E-state index contributed by atoms with van der Waals surface area (Å²) in [5.41, 5.74) is 5.49. The molecule has 0 aliphatic rings. The number of nitrogens with one attached hydrogen (secondary N) is 1. The van der Waals surface area contributed by atoms with E-state index in [9.17, 15) is 4.79 Å². The fourth-order valence-corrected chi connectivity index (χ4v) is 1.09. The molecular weight excluding hydrogens is 184 g/mol. The Morgan fingerprint density at radius 3 is 2.38 bits per heavy atom. The van der Waals surface area contributed by atoms with E-state index in [0.717, 1.165) is 12.8 Å². The first-order valence-corrected chi connectivity index (χ1v) is 4.99. The second kappa shape index (κ2) is 5.91. The molecule has 0 aromatic rings. The Labute approximate surface area is 85.1 Å². The zero-order chi connectivity index (χ0) is 10.4. The minimum Gasteiger partial charge on any atom is -0.392 e. The largest absolute Gasteiger partial charge is 0.392 e. The number of carbonyl (C=O) groups is 1. The normalized spacial score (nSPS) is 12.6. The number of amides is 1. The van der Waals surface area contributed by atoms with Gasteiger partial charge >= 0.3 is 0 Å². The molecule has 0 heterocycles. The van der Waals surface area contributed by atoms with Gasteiger partial charge in [-0.2, -0.15) is 0 Å². The molecule has 4 heteroatoms. The lowest BCUT2D eigenvalue weighted by atomic mass is 10.1. The molecule has 0 saturated carbocycles. The molecule has 3 N–H and O–H groups in total. The molecule has 3 nitrogen and oxygen atoms in total. The van der Waals surface area contributed by atoms with Gasteiger partial charge in [0.05, 0.1) is 11.0 Å². The minimum atomic E-state index is -0.144. The molecule has 1 unspecified atom stereocenters. The van der Waals surface area contributed by atoms with Gasteiger partial charge in [0, 0.05) is 5.92 Å². The Kier molecular flexibility index (Phi) is 5.62. The second-order valence-electron chi connectivity index (χ2n) is 3.41. The highest BCUT2D eigenvalue weighted by atomic mass is 32.1. The van der Waals surface area contributed by atoms with Crippen LogP contribution in [0.3, 0.4) is 0 Å². The van der Waals surface area contributed by atoms with Crippen LogP contribution in [-0.2, 0) is 4.79 Å². The lowest BCUT2D eigenvalue weighted by molar-refractivity contribution is -0.124. The average molecular weight is 202 g/mol. The predicted molar refractivity (Wildman–Crippen MR) is 58.5 cm³/mol. The molecule has 0 bridgehead atoms. The maximum atomic E-state index is 11.3. The van der Waals surface area contributed by atoms with Crippen molar-refractivity contribution in [3.05, 3.63) is 0 Å². The molecule has 1 atom stereocenters. The van der Waals surface area contributed by atoms with Gasteiger partial charge in [-0.1, -0.05) is 39.4 Å². The van der Waals surface area contributed by atoms with E-state index in [0.29, 0.717) is 4.99 Å². The summed E-state index contributed by atoms with van der Waals surface area (Å²) in [5, 5.41) is 2.81. The van der Waals surface area contributed by atoms with Crippen molar-refractivity contribution in [2.24, 2.45) is 11.7 Å². The SMILES string of the molecule is CCCC(NC(=O)C(C)C)C(N)=S. The third-order valence-electron chi connectivity index (χ3n) is 1.76. The van der Waals surface area contributed by atoms with Crippen molar-refractivity contribution in [3.63, 3.8) is 0 Å². The molecule has 13 heavy (non-hydrogen) atoms. The highest BCUT2D eigenvalue weighted by Crippen LogP contribution is 1.99. The zero-order valence-electron chi connectivity index (χ0n) is 8.46. The lowest BCUT2D eigenvalue weighted by Crippen LogP contribution is -2.44. The molecule has 1 amide bonds. The van der Waals surface area contributed by atoms with E-state index in [4.69, 9.17) is 18.0 Å². The number of hydrogen-bond acceptors (Lipinski definition) is 2. The van der Waals surface area contributed by atoms with Crippen LogP contribution in [0.25, 0.3) is 0 Å². The first kappa shape index (κ1) is 12.4. The third-order valence-corrected chi connectivity index (χ3v) is 2.05. The van der Waals surface area contributed by atoms with Crippen LogP contribution in [0.4, 0.5) is 0 Å². The summed E-state index contributed by atoms with van der Waals surface area (Å²) < 4.78 is 0. The predicted octanol–water partition coefficient (Wildman–Crippen LogP) is 1.21. The number of nitrogens with two attached hydrogens (primary N) is 1. The van der Waals surface area contributed by atoms with E-state index in [1.165, 1.54) is 0 Å². The fraction of sp³-hybridized carbons (Fsp3) is 0.778. The molecule has 76 valence electrons. The smallest absolute Gasteiger partial charge is 0.223 e. The molecule has 0 fully saturated rings. The van der Waals surface area contributed by atoms with Gasteiger partial charge in [0.1, 0.15) is 0 Å². The van der Waals surface area contributed by atoms with Gasteiger partial charge < -0.3 is 11.1 Å². The van der Waals surface area contributed by atoms with Crippen molar-refractivity contribution in [3.8, 4) is 0 Å². The van der Waals surface area contributed by atoms with E-state index in [1.54, 1.807) is 0 Å². The van der Waals surface area contributed by atoms with Crippen molar-refractivity contribution in [2.45, 2.75) is 39.7 Å². The lowest BCUT2D eigenvalue weighted by Gasteiger charge is -2.17. The first-order chi connectivity index (χ1) is 5.99. The zero-order valence-corrected chi connectivity index (χ0v) is 9.28. The average Bonchev–Trinajstić information content (AvgIpc) is 2.03. The summed E-state index contributed by atoms with van der Waals surface area (Å²) >= 11 is 4.85. The molecule has 0 aromatic carbocycles. The van der Waals surface area contributed by atoms with Crippen LogP contribution in [0.5, 0.6) is 0 Å². The number of thiocarbonyl (C=S) groups is 1. The number of carbonyl (C=O) groups excluding carboxylic acids is 1. The van der Waals surface area contributed by atoms with Gasteiger partial charge in [0.2, 0.25) is 5.91 Å². The Hall–Kier alpha value is -0.640. The monoisotopic (exact) mass is 202 g/mol. The molecule has 0 spiro atoms. The number of hydrogen-bond donors (Lipinski definition) is 2. The van der Waals surface area contributed by atoms with Gasteiger partial charge in [-0.25, -0.2) is 0 Å². The van der Waals surface area contributed by atoms with Gasteiger partial charge in [-0.05, 0) is 6.42 Å². The van der Waals surface area contributed by atoms with Crippen LogP contribution in [0.15, 0.2) is 0 Å². The standard InChI is InChI=1S/C9H18N2OS/c1-4-5-7(8(10)13)11-9(12)6(2)3/h6-7H,4-5H2,1-3H3,(H2,10,13)(H,11,12). The van der Waals surface area contributed by atoms with Crippen molar-refractivity contribution in [2.75, 3.05) is 0 Å². The topological polar surface area (TPSA) is 55.1 Å². The van der Waals surface area contributed by atoms with Gasteiger partial charge in [0.25, 0.3) is 0 Å². The van der Waals surface area contributed by atoms with E-state index >= 15 is 0 Å². The fourth-order valence-electron chi connectivity index (χ4n) is 0.913. The minimum absolute atomic E-state index is 0.00579. The van der Waals surface area contributed by atoms with Crippen molar-refractivity contribution >= 4 is 23.1 Å². The molecule has 0 rings (SSSR count). The van der Waals surface area contributed by atoms with Crippen molar-refractivity contribution < 1.29 is 4.79 Å². The molecule has 0 radical (unpaired) electrons. The molecular formula is C9H18N2OS. The Morgan fingerprint density at radius 2 is 2.08 bits per heavy atom. The van der Waals surface area contributed by atoms with E-state index in [-0.39, 0.29) is 17.9 Å². The Balaban J connectivity index is 4.10. The van der Waals surface area contributed by atoms with Crippen LogP contribution in [-0.4, -0.2) is 16.9 Å². The molecule has 0 aliphatic carbocycles. The summed E-state index contributed by atoms with van der Waals surface area (Å²) in [6, 6.07) is -0.144. The van der Waals surface area contributed by atoms with E-state index in [1.807, 2.05) is 20.8 Å². The third kappa shape index (κ3) is 4.83. The first-order valence-electron chi connectivity index (χ1n) is 4.58. The van der Waals surface area contributed by atoms with Crippen LogP contribution >= 0.6 is 12.2 Å². The summed E-state index contributed by atoms with van der Waals surface area (Å²) in [7, 11) is 0. The quantitative estimate of drug-likeness (QED) is 0.659. The second-order valence-corrected chi connectivity index (χ2v) is 3.88. The van der Waals surface area contributed by atoms with Gasteiger partial charge in [-0.3, -0.25) is 4.79 Å². The Bertz CT molecular complexity index is 192. The molecule has 0 saturated heterocycles. The summed E-state index contributed by atoms with van der Waals surface area (Å²) in [6.45, 7) is 5.72. The van der Waals surface area contributed by atoms with Crippen LogP contribution in [0, 0.1) is 5.92 Å². The van der Waals surface area contributed by atoms with Crippen molar-refractivity contribution in [1.29, 1.82) is 0 Å². The summed E-state index contributed by atoms with van der Waals surface area (Å²) in [5.74, 6) is -0.0139. The maximum absolute atomic E-state index is 11.3. The van der Waals surface area contributed by atoms with Gasteiger partial charge in [0.15, 0.2) is 0 Å². The molecule has 0 aromatic heterocycles. The van der Waals surface area contributed by atoms with Gasteiger partial charge in [-0.15, -0.1) is 0 Å². The highest BCUT2D eigenvalue weighted by Gasteiger charge is 2.15. The van der Waals surface area contributed by atoms with E-state index < -0.39 is 0 Å². The van der Waals surface area contributed by atoms with Crippen LogP contribution in [0.2, 0.25) is 0 Å². The number of rotatable bonds is 5. The van der Waals surface area contributed by atoms with Crippen molar-refractivity contribution in [1.82, 2.24) is 5.32 Å².